The monoisotopic (exact) mass is 560 g/mol. The maximum absolute atomic E-state index is 13.2. The molecule has 164 valence electrons. The zero-order valence-corrected chi connectivity index (χ0v) is 19.7. The normalized spacial score (nSPS) is 30.5. The molecule has 3 amide bonds. The van der Waals surface area contributed by atoms with Crippen LogP contribution in [0.2, 0.25) is 0 Å². The maximum Gasteiger partial charge on any atom is 0.335 e. The van der Waals surface area contributed by atoms with Crippen LogP contribution in [0.3, 0.4) is 0 Å². The van der Waals surface area contributed by atoms with E-state index in [1.165, 1.54) is 35.2 Å². The molecule has 32 heavy (non-hydrogen) atoms. The number of imide groups is 1. The minimum absolute atomic E-state index is 0.118. The predicted octanol–water partition coefficient (Wildman–Crippen LogP) is 3.92. The van der Waals surface area contributed by atoms with Gasteiger partial charge in [-0.2, -0.15) is 0 Å². The Morgan fingerprint density at radius 1 is 0.906 bits per heavy atom. The van der Waals surface area contributed by atoms with E-state index in [2.05, 4.69) is 37.2 Å². The number of hydrogen-bond donors (Lipinski definition) is 2. The SMILES string of the molecule is O=C(O)c1ccc(NC(=O)c2cccc(N3C(=O)[C@@H]4[C@H]5C[C@@H]([C@@H](Br)[C@H]5Br)[C@H]4C3=O)c2)cc1. The molecule has 0 unspecified atom stereocenters. The molecule has 3 aliphatic rings. The van der Waals surface area contributed by atoms with E-state index in [1.54, 1.807) is 18.2 Å². The van der Waals surface area contributed by atoms with Crippen LogP contribution in [0.25, 0.3) is 0 Å². The molecule has 1 saturated heterocycles. The minimum Gasteiger partial charge on any atom is -0.478 e. The van der Waals surface area contributed by atoms with Crippen molar-refractivity contribution < 1.29 is 24.3 Å². The van der Waals surface area contributed by atoms with E-state index in [0.29, 0.717) is 16.9 Å². The van der Waals surface area contributed by atoms with E-state index < -0.39 is 11.9 Å². The van der Waals surface area contributed by atoms with Crippen molar-refractivity contribution in [2.45, 2.75) is 16.1 Å². The van der Waals surface area contributed by atoms with Gasteiger partial charge in [0, 0.05) is 20.9 Å². The summed E-state index contributed by atoms with van der Waals surface area (Å²) in [7, 11) is 0. The molecule has 9 heteroatoms. The first-order chi connectivity index (χ1) is 15.3. The van der Waals surface area contributed by atoms with Crippen LogP contribution in [-0.4, -0.2) is 38.5 Å². The van der Waals surface area contributed by atoms with E-state index in [4.69, 9.17) is 5.11 Å². The highest BCUT2D eigenvalue weighted by molar-refractivity contribution is 9.12. The Kier molecular flexibility index (Phi) is 5.21. The molecule has 2 saturated carbocycles. The van der Waals surface area contributed by atoms with Crippen LogP contribution in [-0.2, 0) is 9.59 Å². The lowest BCUT2D eigenvalue weighted by Crippen LogP contribution is -2.37. The van der Waals surface area contributed by atoms with Crippen molar-refractivity contribution in [2.75, 3.05) is 10.2 Å². The molecule has 2 N–H and O–H groups in total. The molecule has 1 heterocycles. The summed E-state index contributed by atoms with van der Waals surface area (Å²) in [6, 6.07) is 12.2. The van der Waals surface area contributed by atoms with Crippen molar-refractivity contribution >= 4 is 66.9 Å². The summed E-state index contributed by atoms with van der Waals surface area (Å²) in [5, 5.41) is 11.7. The number of carbonyl (C=O) groups is 4. The second kappa shape index (κ2) is 7.81. The fourth-order valence-electron chi connectivity index (χ4n) is 5.29. The fraction of sp³-hybridized carbons (Fsp3) is 0.304. The molecule has 0 spiro atoms. The number of alkyl halides is 2. The number of benzene rings is 2. The van der Waals surface area contributed by atoms with Gasteiger partial charge in [-0.25, -0.2) is 4.79 Å². The number of anilines is 2. The maximum atomic E-state index is 13.2. The molecule has 2 bridgehead atoms. The molecular weight excluding hydrogens is 544 g/mol. The average molecular weight is 562 g/mol. The van der Waals surface area contributed by atoms with Gasteiger partial charge in [0.25, 0.3) is 5.91 Å². The molecule has 6 atom stereocenters. The van der Waals surface area contributed by atoms with Gasteiger partial charge in [-0.15, -0.1) is 0 Å². The number of carbonyl (C=O) groups excluding carboxylic acids is 3. The Morgan fingerprint density at radius 2 is 1.50 bits per heavy atom. The summed E-state index contributed by atoms with van der Waals surface area (Å²) in [5.74, 6) is -2.27. The lowest BCUT2D eigenvalue weighted by molar-refractivity contribution is -0.123. The summed E-state index contributed by atoms with van der Waals surface area (Å²) in [6.45, 7) is 0. The molecule has 2 aliphatic carbocycles. The van der Waals surface area contributed by atoms with Crippen molar-refractivity contribution in [1.29, 1.82) is 0 Å². The Labute approximate surface area is 200 Å². The van der Waals surface area contributed by atoms with Crippen LogP contribution < -0.4 is 10.2 Å². The largest absolute Gasteiger partial charge is 0.478 e. The smallest absolute Gasteiger partial charge is 0.335 e. The fourth-order valence-corrected chi connectivity index (χ4v) is 7.16. The van der Waals surface area contributed by atoms with Gasteiger partial charge in [0.05, 0.1) is 23.1 Å². The van der Waals surface area contributed by atoms with Crippen molar-refractivity contribution in [2.24, 2.45) is 23.7 Å². The van der Waals surface area contributed by atoms with Crippen LogP contribution in [0.15, 0.2) is 48.5 Å². The van der Waals surface area contributed by atoms with Gasteiger partial charge in [-0.05, 0) is 60.7 Å². The van der Waals surface area contributed by atoms with E-state index >= 15 is 0 Å². The standard InChI is InChI=1S/C23H18Br2N2O5/c24-18-14-9-15(19(18)25)17-16(14)21(29)27(22(17)30)13-3-1-2-11(8-13)20(28)26-12-6-4-10(5-7-12)23(31)32/h1-8,14-19H,9H2,(H,26,28)(H,31,32)/t14-,15-,16-,17-,18-,19+/m1/s1. The van der Waals surface area contributed by atoms with Gasteiger partial charge >= 0.3 is 5.97 Å². The first-order valence-electron chi connectivity index (χ1n) is 10.2. The Morgan fingerprint density at radius 3 is 2.06 bits per heavy atom. The molecule has 2 aromatic rings. The number of aromatic carboxylic acids is 1. The third-order valence-electron chi connectivity index (χ3n) is 6.74. The van der Waals surface area contributed by atoms with Crippen molar-refractivity contribution in [3.63, 3.8) is 0 Å². The lowest BCUT2D eigenvalue weighted by Gasteiger charge is -2.28. The highest BCUT2D eigenvalue weighted by Crippen LogP contribution is 2.60. The number of carboxylic acids is 1. The summed E-state index contributed by atoms with van der Waals surface area (Å²) >= 11 is 7.36. The van der Waals surface area contributed by atoms with E-state index in [0.717, 1.165) is 6.42 Å². The van der Waals surface area contributed by atoms with E-state index in [-0.39, 0.29) is 50.7 Å². The summed E-state index contributed by atoms with van der Waals surface area (Å²) < 4.78 is 0. The third kappa shape index (κ3) is 3.21. The van der Waals surface area contributed by atoms with Gasteiger partial charge in [-0.3, -0.25) is 19.3 Å². The van der Waals surface area contributed by atoms with Gasteiger partial charge in [-0.1, -0.05) is 37.9 Å². The van der Waals surface area contributed by atoms with Gasteiger partial charge in [0.2, 0.25) is 11.8 Å². The quantitative estimate of drug-likeness (QED) is 0.435. The minimum atomic E-state index is -1.05. The second-order valence-corrected chi connectivity index (χ2v) is 10.5. The van der Waals surface area contributed by atoms with Crippen LogP contribution in [0.4, 0.5) is 11.4 Å². The molecule has 1 aliphatic heterocycles. The van der Waals surface area contributed by atoms with Crippen LogP contribution >= 0.6 is 31.9 Å². The molecule has 0 aromatic heterocycles. The molecule has 3 fully saturated rings. The molecular formula is C23H18Br2N2O5. The number of nitrogens with zero attached hydrogens (tertiary/aromatic N) is 1. The number of rotatable bonds is 4. The zero-order chi connectivity index (χ0) is 22.7. The van der Waals surface area contributed by atoms with Gasteiger partial charge in [0.15, 0.2) is 0 Å². The number of carboxylic acid groups (broad SMARTS) is 1. The van der Waals surface area contributed by atoms with Crippen molar-refractivity contribution in [1.82, 2.24) is 0 Å². The third-order valence-corrected chi connectivity index (χ3v) is 9.95. The first-order valence-corrected chi connectivity index (χ1v) is 12.0. The number of nitrogens with one attached hydrogen (secondary N) is 1. The predicted molar refractivity (Wildman–Crippen MR) is 124 cm³/mol. The molecule has 0 radical (unpaired) electrons. The molecule has 5 rings (SSSR count). The number of hydrogen-bond acceptors (Lipinski definition) is 4. The van der Waals surface area contributed by atoms with Crippen LogP contribution in [0, 0.1) is 23.7 Å². The Bertz CT molecular complexity index is 1120. The summed E-state index contributed by atoms with van der Waals surface area (Å²) in [5.41, 5.74) is 1.24. The number of amides is 3. The van der Waals surface area contributed by atoms with E-state index in [9.17, 15) is 19.2 Å². The number of halogens is 2. The average Bonchev–Trinajstić information content (AvgIpc) is 3.39. The van der Waals surface area contributed by atoms with E-state index in [1.807, 2.05) is 0 Å². The Hall–Kier alpha value is -2.52. The van der Waals surface area contributed by atoms with Gasteiger partial charge < -0.3 is 10.4 Å². The Balaban J connectivity index is 1.37. The highest BCUT2D eigenvalue weighted by Gasteiger charge is 2.66. The van der Waals surface area contributed by atoms with Crippen LogP contribution in [0.1, 0.15) is 27.1 Å². The number of fused-ring (bicyclic) bond motifs is 5. The zero-order valence-electron chi connectivity index (χ0n) is 16.6. The van der Waals surface area contributed by atoms with Crippen molar-refractivity contribution in [3.8, 4) is 0 Å². The first kappa shape index (κ1) is 21.3. The lowest BCUT2D eigenvalue weighted by atomic mass is 9.81. The van der Waals surface area contributed by atoms with Crippen LogP contribution in [0.5, 0.6) is 0 Å². The van der Waals surface area contributed by atoms with Gasteiger partial charge in [0.1, 0.15) is 0 Å². The molecule has 7 nitrogen and oxygen atoms in total. The summed E-state index contributed by atoms with van der Waals surface area (Å²) in [4.78, 5) is 51.7. The molecule has 2 aromatic carbocycles. The highest BCUT2D eigenvalue weighted by atomic mass is 79.9. The second-order valence-electron chi connectivity index (χ2n) is 8.40. The topological polar surface area (TPSA) is 104 Å². The van der Waals surface area contributed by atoms with Crippen molar-refractivity contribution in [3.05, 3.63) is 59.7 Å². The summed E-state index contributed by atoms with van der Waals surface area (Å²) in [6.07, 6.45) is 0.857.